The summed E-state index contributed by atoms with van der Waals surface area (Å²) in [5.41, 5.74) is 19.1. The number of benzene rings is 8. The average molecular weight is 755 g/mol. The molecule has 11 aromatic rings. The minimum atomic E-state index is -0.550. The number of rotatable bonds is 4. The zero-order valence-corrected chi connectivity index (χ0v) is 32.2. The Bertz CT molecular complexity index is 3370. The molecular weight excluding hydrogens is 721 g/mol. The van der Waals surface area contributed by atoms with Gasteiger partial charge in [0.05, 0.1) is 16.8 Å². The van der Waals surface area contributed by atoms with Crippen LogP contribution in [0.3, 0.4) is 0 Å². The summed E-state index contributed by atoms with van der Waals surface area (Å²) in [5, 5.41) is 4.33. The van der Waals surface area contributed by atoms with Crippen LogP contribution in [0.2, 0.25) is 0 Å². The van der Waals surface area contributed by atoms with Crippen LogP contribution in [-0.4, -0.2) is 9.97 Å². The van der Waals surface area contributed by atoms with Gasteiger partial charge in [-0.05, 0) is 99.5 Å². The molecular formula is C55H34N2O2. The highest BCUT2D eigenvalue weighted by Gasteiger charge is 2.52. The van der Waals surface area contributed by atoms with E-state index in [9.17, 15) is 0 Å². The van der Waals surface area contributed by atoms with Crippen LogP contribution in [0, 0.1) is 0 Å². The van der Waals surface area contributed by atoms with E-state index in [-0.39, 0.29) is 0 Å². The van der Waals surface area contributed by atoms with Crippen molar-refractivity contribution < 1.29 is 8.83 Å². The lowest BCUT2D eigenvalue weighted by Gasteiger charge is -2.32. The minimum Gasteiger partial charge on any atom is -0.456 e. The number of furan rings is 2. The molecule has 1 spiro atoms. The van der Waals surface area contributed by atoms with Crippen LogP contribution in [0.25, 0.3) is 100 Å². The maximum absolute atomic E-state index is 6.30. The smallest absolute Gasteiger partial charge is 0.160 e. The number of hydrogen-bond acceptors (Lipinski definition) is 4. The van der Waals surface area contributed by atoms with Crippen molar-refractivity contribution in [2.45, 2.75) is 18.8 Å². The Morgan fingerprint density at radius 1 is 0.407 bits per heavy atom. The van der Waals surface area contributed by atoms with Crippen LogP contribution in [0.15, 0.2) is 185 Å². The molecule has 4 heteroatoms. The molecule has 4 nitrogen and oxygen atoms in total. The van der Waals surface area contributed by atoms with Crippen LogP contribution in [0.5, 0.6) is 0 Å². The lowest BCUT2D eigenvalue weighted by Crippen LogP contribution is -2.26. The van der Waals surface area contributed by atoms with Crippen molar-refractivity contribution >= 4 is 43.9 Å². The molecule has 0 N–H and O–H groups in total. The van der Waals surface area contributed by atoms with Crippen LogP contribution >= 0.6 is 0 Å². The Morgan fingerprint density at radius 3 is 1.36 bits per heavy atom. The molecule has 59 heavy (non-hydrogen) atoms. The average Bonchev–Trinajstić information content (AvgIpc) is 4.03. The molecule has 2 aliphatic carbocycles. The number of nitrogens with zero attached hydrogens (tertiary/aromatic N) is 2. The van der Waals surface area contributed by atoms with Crippen molar-refractivity contribution in [3.05, 3.63) is 204 Å². The first-order valence-corrected chi connectivity index (χ1v) is 20.4. The molecule has 8 aromatic carbocycles. The lowest BCUT2D eigenvalue weighted by molar-refractivity contribution is 0.668. The first kappa shape index (κ1) is 32.5. The number of para-hydroxylation sites is 2. The topological polar surface area (TPSA) is 52.1 Å². The van der Waals surface area contributed by atoms with Gasteiger partial charge < -0.3 is 8.83 Å². The summed E-state index contributed by atoms with van der Waals surface area (Å²) in [6.07, 6.45) is 0.738. The predicted molar refractivity (Wildman–Crippen MR) is 239 cm³/mol. The maximum atomic E-state index is 6.30. The first-order chi connectivity index (χ1) is 29.2. The molecule has 0 saturated heterocycles. The van der Waals surface area contributed by atoms with Gasteiger partial charge in [-0.1, -0.05) is 134 Å². The molecule has 2 aliphatic rings. The highest BCUT2D eigenvalue weighted by molar-refractivity contribution is 6.08. The van der Waals surface area contributed by atoms with Gasteiger partial charge in [0.2, 0.25) is 0 Å². The van der Waals surface area contributed by atoms with Gasteiger partial charge in [-0.3, -0.25) is 0 Å². The highest BCUT2D eigenvalue weighted by atomic mass is 16.3. The Morgan fingerprint density at radius 2 is 0.831 bits per heavy atom. The number of fused-ring (bicyclic) bond motifs is 16. The summed E-state index contributed by atoms with van der Waals surface area (Å²) in [6, 6.07) is 63.1. The van der Waals surface area contributed by atoms with Crippen LogP contribution < -0.4 is 0 Å². The lowest BCUT2D eigenvalue weighted by atomic mass is 9.69. The Labute approximate surface area is 340 Å². The fraction of sp³-hybridized carbons (Fsp3) is 0.0545. The van der Waals surface area contributed by atoms with E-state index in [4.69, 9.17) is 18.8 Å². The maximum Gasteiger partial charge on any atom is 0.160 e. The Kier molecular flexibility index (Phi) is 6.60. The van der Waals surface area contributed by atoms with E-state index in [1.54, 1.807) is 0 Å². The molecule has 0 aliphatic heterocycles. The fourth-order valence-electron chi connectivity index (χ4n) is 10.5. The van der Waals surface area contributed by atoms with E-state index in [2.05, 4.69) is 159 Å². The largest absolute Gasteiger partial charge is 0.456 e. The summed E-state index contributed by atoms with van der Waals surface area (Å²) in [7, 11) is 0. The summed E-state index contributed by atoms with van der Waals surface area (Å²) in [5.74, 6) is 0.701. The summed E-state index contributed by atoms with van der Waals surface area (Å²) < 4.78 is 12.6. The van der Waals surface area contributed by atoms with Gasteiger partial charge in [-0.25, -0.2) is 9.97 Å². The Balaban J connectivity index is 1.14. The third-order valence-corrected chi connectivity index (χ3v) is 12.9. The van der Waals surface area contributed by atoms with Gasteiger partial charge in [-0.15, -0.1) is 0 Å². The third-order valence-electron chi connectivity index (χ3n) is 12.9. The van der Waals surface area contributed by atoms with E-state index in [0.717, 1.165) is 83.9 Å². The van der Waals surface area contributed by atoms with Crippen molar-refractivity contribution in [2.75, 3.05) is 0 Å². The van der Waals surface area contributed by atoms with Crippen LogP contribution in [0.1, 0.15) is 34.7 Å². The summed E-state index contributed by atoms with van der Waals surface area (Å²) in [4.78, 5) is 11.4. The molecule has 3 aromatic heterocycles. The standard InChI is InChI=1S/C55H34N2O2/c1-2-34-52(32-26-28-49-42(30-32)38-17-6-11-24-47(38)58-49)56-54(57-53(34)33-27-29-50-43(31-33)39-18-7-12-25-48(39)59-50)41-20-13-19-40-37-16-5-10-23-46(37)55(51(40)41)44-21-8-3-14-35(44)36-15-4-9-22-45(36)55/h3-31H,2H2,1H3. The number of aromatic nitrogens is 2. The van der Waals surface area contributed by atoms with E-state index < -0.39 is 5.41 Å². The van der Waals surface area contributed by atoms with E-state index in [0.29, 0.717) is 5.82 Å². The van der Waals surface area contributed by atoms with E-state index in [1.165, 1.54) is 44.5 Å². The van der Waals surface area contributed by atoms with Crippen molar-refractivity contribution in [3.63, 3.8) is 0 Å². The zero-order chi connectivity index (χ0) is 38.8. The molecule has 0 saturated carbocycles. The molecule has 3 heterocycles. The minimum absolute atomic E-state index is 0.550. The second-order valence-corrected chi connectivity index (χ2v) is 15.8. The second kappa shape index (κ2) is 12.0. The van der Waals surface area contributed by atoms with Gasteiger partial charge in [0.15, 0.2) is 5.82 Å². The number of hydrogen-bond donors (Lipinski definition) is 0. The van der Waals surface area contributed by atoms with Gasteiger partial charge in [0, 0.05) is 43.8 Å². The van der Waals surface area contributed by atoms with Crippen LogP contribution in [0.4, 0.5) is 0 Å². The summed E-state index contributed by atoms with van der Waals surface area (Å²) in [6.45, 7) is 2.21. The summed E-state index contributed by atoms with van der Waals surface area (Å²) >= 11 is 0. The molecule has 0 bridgehead atoms. The molecule has 0 amide bonds. The van der Waals surface area contributed by atoms with Gasteiger partial charge in [0.1, 0.15) is 22.3 Å². The van der Waals surface area contributed by atoms with Crippen molar-refractivity contribution in [2.24, 2.45) is 0 Å². The fourth-order valence-corrected chi connectivity index (χ4v) is 10.5. The first-order valence-electron chi connectivity index (χ1n) is 20.4. The highest BCUT2D eigenvalue weighted by Crippen LogP contribution is 2.64. The van der Waals surface area contributed by atoms with Gasteiger partial charge in [-0.2, -0.15) is 0 Å². The van der Waals surface area contributed by atoms with Crippen molar-refractivity contribution in [1.29, 1.82) is 0 Å². The molecule has 13 rings (SSSR count). The normalized spacial score (nSPS) is 13.4. The van der Waals surface area contributed by atoms with Gasteiger partial charge in [0.25, 0.3) is 0 Å². The molecule has 0 atom stereocenters. The molecule has 0 fully saturated rings. The van der Waals surface area contributed by atoms with Crippen molar-refractivity contribution in [3.8, 4) is 56.2 Å². The molecule has 0 unspecified atom stereocenters. The van der Waals surface area contributed by atoms with E-state index in [1.807, 2.05) is 24.3 Å². The van der Waals surface area contributed by atoms with E-state index >= 15 is 0 Å². The zero-order valence-electron chi connectivity index (χ0n) is 32.2. The Hall–Kier alpha value is -7.56. The van der Waals surface area contributed by atoms with Gasteiger partial charge >= 0.3 is 0 Å². The van der Waals surface area contributed by atoms with Crippen molar-refractivity contribution in [1.82, 2.24) is 9.97 Å². The third kappa shape index (κ3) is 4.32. The monoisotopic (exact) mass is 754 g/mol. The quantitative estimate of drug-likeness (QED) is 0.180. The second-order valence-electron chi connectivity index (χ2n) is 15.8. The molecule has 276 valence electrons. The van der Waals surface area contributed by atoms with Crippen LogP contribution in [-0.2, 0) is 11.8 Å². The molecule has 0 radical (unpaired) electrons. The predicted octanol–water partition coefficient (Wildman–Crippen LogP) is 14.2. The SMILES string of the molecule is CCc1c(-c2ccc3oc4ccccc4c3c2)nc(-c2cccc3c2C2(c4ccccc4-c4ccccc42)c2ccccc2-3)nc1-c1ccc2oc3ccccc3c2c1.